The molecule has 0 amide bonds. The summed E-state index contributed by atoms with van der Waals surface area (Å²) in [6.07, 6.45) is 0.598. The van der Waals surface area contributed by atoms with Crippen LogP contribution in [0, 0.1) is 0 Å². The highest BCUT2D eigenvalue weighted by Gasteiger charge is 2.32. The van der Waals surface area contributed by atoms with Crippen LogP contribution in [-0.2, 0) is 16.1 Å². The number of hydrogen-bond acceptors (Lipinski definition) is 3. The van der Waals surface area contributed by atoms with Gasteiger partial charge in [-0.15, -0.1) is 0 Å². The van der Waals surface area contributed by atoms with Crippen molar-refractivity contribution in [1.82, 2.24) is 4.90 Å². The van der Waals surface area contributed by atoms with Crippen LogP contribution in [0.5, 0.6) is 0 Å². The quantitative estimate of drug-likeness (QED) is 0.746. The fraction of sp³-hybridized carbons (Fsp3) is 0.500. The summed E-state index contributed by atoms with van der Waals surface area (Å²) in [5.74, 6) is 0. The Kier molecular flexibility index (Phi) is 3.60. The maximum absolute atomic E-state index is 10.9. The smallest absolute Gasteiger partial charge is 0.150 e. The molecule has 1 aliphatic heterocycles. The highest BCUT2D eigenvalue weighted by molar-refractivity contribution is 5.56. The summed E-state index contributed by atoms with van der Waals surface area (Å²) >= 11 is 0. The molecule has 1 aliphatic rings. The summed E-state index contributed by atoms with van der Waals surface area (Å²) in [7, 11) is 0. The van der Waals surface area contributed by atoms with Gasteiger partial charge in [-0.05, 0) is 19.4 Å². The predicted molar refractivity (Wildman–Crippen MR) is 66.7 cm³/mol. The highest BCUT2D eigenvalue weighted by atomic mass is 16.5. The lowest BCUT2D eigenvalue weighted by atomic mass is 10.0. The first-order valence-corrected chi connectivity index (χ1v) is 5.98. The van der Waals surface area contributed by atoms with Gasteiger partial charge in [-0.2, -0.15) is 0 Å². The molecule has 3 nitrogen and oxygen atoms in total. The molecular formula is C14H19NO2. The molecule has 1 heterocycles. The van der Waals surface area contributed by atoms with Crippen LogP contribution < -0.4 is 0 Å². The van der Waals surface area contributed by atoms with Gasteiger partial charge in [0, 0.05) is 19.6 Å². The van der Waals surface area contributed by atoms with Crippen LogP contribution in [0.25, 0.3) is 0 Å². The molecule has 92 valence electrons. The molecule has 0 aliphatic carbocycles. The lowest BCUT2D eigenvalue weighted by Gasteiger charge is -2.41. The van der Waals surface area contributed by atoms with Crippen molar-refractivity contribution in [3.8, 4) is 0 Å². The van der Waals surface area contributed by atoms with Gasteiger partial charge < -0.3 is 9.53 Å². The van der Waals surface area contributed by atoms with Gasteiger partial charge in [0.05, 0.1) is 5.60 Å². The van der Waals surface area contributed by atoms with E-state index in [1.54, 1.807) is 0 Å². The fourth-order valence-corrected chi connectivity index (χ4v) is 2.37. The third kappa shape index (κ3) is 3.38. The van der Waals surface area contributed by atoms with Crippen LogP contribution >= 0.6 is 0 Å². The molecule has 3 heteroatoms. The number of morpholine rings is 1. The van der Waals surface area contributed by atoms with Crippen molar-refractivity contribution < 1.29 is 9.53 Å². The van der Waals surface area contributed by atoms with E-state index in [9.17, 15) is 4.79 Å². The maximum Gasteiger partial charge on any atom is 0.150 e. The molecule has 1 atom stereocenters. The number of nitrogens with zero attached hydrogens (tertiary/aromatic N) is 1. The lowest BCUT2D eigenvalue weighted by Crippen LogP contribution is -2.52. The minimum Gasteiger partial charge on any atom is -0.362 e. The molecule has 1 aromatic rings. The summed E-state index contributed by atoms with van der Waals surface area (Å²) < 4.78 is 5.68. The number of hydrogen-bond donors (Lipinski definition) is 0. The Morgan fingerprint density at radius 3 is 2.76 bits per heavy atom. The number of rotatable bonds is 3. The molecule has 0 bridgehead atoms. The zero-order valence-electron chi connectivity index (χ0n) is 10.4. The topological polar surface area (TPSA) is 29.5 Å². The van der Waals surface area contributed by atoms with Crippen LogP contribution in [0.15, 0.2) is 30.3 Å². The molecule has 2 rings (SSSR count). The van der Waals surface area contributed by atoms with Gasteiger partial charge in [0.1, 0.15) is 12.4 Å². The van der Waals surface area contributed by atoms with E-state index in [1.807, 2.05) is 32.0 Å². The second-order valence-electron chi connectivity index (χ2n) is 5.21. The van der Waals surface area contributed by atoms with Crippen molar-refractivity contribution in [2.45, 2.75) is 32.1 Å². The van der Waals surface area contributed by atoms with Gasteiger partial charge in [-0.1, -0.05) is 30.3 Å². The molecule has 0 saturated carbocycles. The Balaban J connectivity index is 2.03. The average Bonchev–Trinajstić information content (AvgIpc) is 2.28. The van der Waals surface area contributed by atoms with E-state index < -0.39 is 0 Å². The van der Waals surface area contributed by atoms with Crippen LogP contribution in [0.1, 0.15) is 19.4 Å². The number of carbonyl (C=O) groups excluding carboxylic acids is 1. The Labute approximate surface area is 102 Å². The Hall–Kier alpha value is -1.19. The SMILES string of the molecule is CC1(C)CN(Cc2ccccc2)CC(C=O)O1. The van der Waals surface area contributed by atoms with E-state index in [1.165, 1.54) is 5.56 Å². The first kappa shape index (κ1) is 12.3. The molecule has 1 fully saturated rings. The average molecular weight is 233 g/mol. The first-order chi connectivity index (χ1) is 8.09. The number of ether oxygens (including phenoxy) is 1. The van der Waals surface area contributed by atoms with Gasteiger partial charge in [0.15, 0.2) is 0 Å². The molecular weight excluding hydrogens is 214 g/mol. The monoisotopic (exact) mass is 233 g/mol. The van der Waals surface area contributed by atoms with E-state index >= 15 is 0 Å². The predicted octanol–water partition coefficient (Wildman–Crippen LogP) is 1.86. The van der Waals surface area contributed by atoms with E-state index in [2.05, 4.69) is 17.0 Å². The molecule has 0 radical (unpaired) electrons. The van der Waals surface area contributed by atoms with Crippen molar-refractivity contribution in [2.24, 2.45) is 0 Å². The third-order valence-electron chi connectivity index (χ3n) is 2.91. The molecule has 0 aromatic heterocycles. The summed E-state index contributed by atoms with van der Waals surface area (Å²) in [6.45, 7) is 6.47. The number of benzene rings is 1. The molecule has 1 aromatic carbocycles. The second-order valence-corrected chi connectivity index (χ2v) is 5.21. The molecule has 17 heavy (non-hydrogen) atoms. The normalized spacial score (nSPS) is 24.5. The van der Waals surface area contributed by atoms with Gasteiger partial charge >= 0.3 is 0 Å². The van der Waals surface area contributed by atoms with Crippen molar-refractivity contribution in [2.75, 3.05) is 13.1 Å². The lowest BCUT2D eigenvalue weighted by molar-refractivity contribution is -0.152. The standard InChI is InChI=1S/C14H19NO2/c1-14(2)11-15(9-13(10-16)17-14)8-12-6-4-3-5-7-12/h3-7,10,13H,8-9,11H2,1-2H3. The number of carbonyl (C=O) groups is 1. The minimum atomic E-state index is -0.303. The van der Waals surface area contributed by atoms with Crippen LogP contribution in [0.2, 0.25) is 0 Å². The molecule has 1 saturated heterocycles. The van der Waals surface area contributed by atoms with E-state index in [0.717, 1.165) is 19.4 Å². The van der Waals surface area contributed by atoms with Gasteiger partial charge in [-0.3, -0.25) is 4.90 Å². The first-order valence-electron chi connectivity index (χ1n) is 5.98. The fourth-order valence-electron chi connectivity index (χ4n) is 2.37. The molecule has 1 unspecified atom stereocenters. The van der Waals surface area contributed by atoms with Crippen LogP contribution in [-0.4, -0.2) is 36.0 Å². The van der Waals surface area contributed by atoms with E-state index in [4.69, 9.17) is 4.74 Å². The van der Waals surface area contributed by atoms with E-state index in [0.29, 0.717) is 6.54 Å². The Bertz CT molecular complexity index is 375. The van der Waals surface area contributed by atoms with Crippen LogP contribution in [0.4, 0.5) is 0 Å². The maximum atomic E-state index is 10.9. The van der Waals surface area contributed by atoms with E-state index in [-0.39, 0.29) is 11.7 Å². The Morgan fingerprint density at radius 2 is 2.12 bits per heavy atom. The van der Waals surface area contributed by atoms with Gasteiger partial charge in [0.25, 0.3) is 0 Å². The highest BCUT2D eigenvalue weighted by Crippen LogP contribution is 2.21. The van der Waals surface area contributed by atoms with Crippen molar-refractivity contribution in [3.05, 3.63) is 35.9 Å². The molecule has 0 N–H and O–H groups in total. The number of aldehydes is 1. The van der Waals surface area contributed by atoms with Crippen molar-refractivity contribution >= 4 is 6.29 Å². The van der Waals surface area contributed by atoms with Crippen molar-refractivity contribution in [1.29, 1.82) is 0 Å². The largest absolute Gasteiger partial charge is 0.362 e. The van der Waals surface area contributed by atoms with Gasteiger partial charge in [-0.25, -0.2) is 0 Å². The summed E-state index contributed by atoms with van der Waals surface area (Å²) in [5, 5.41) is 0. The summed E-state index contributed by atoms with van der Waals surface area (Å²) in [5.41, 5.74) is 1.02. The Morgan fingerprint density at radius 1 is 1.41 bits per heavy atom. The zero-order chi connectivity index (χ0) is 12.3. The second kappa shape index (κ2) is 4.98. The summed E-state index contributed by atoms with van der Waals surface area (Å²) in [6, 6.07) is 10.3. The molecule has 0 spiro atoms. The minimum absolute atomic E-state index is 0.251. The van der Waals surface area contributed by atoms with Crippen LogP contribution in [0.3, 0.4) is 0 Å². The third-order valence-corrected chi connectivity index (χ3v) is 2.91. The zero-order valence-corrected chi connectivity index (χ0v) is 10.4. The van der Waals surface area contributed by atoms with Crippen molar-refractivity contribution in [3.63, 3.8) is 0 Å². The van der Waals surface area contributed by atoms with Gasteiger partial charge in [0.2, 0.25) is 0 Å². The summed E-state index contributed by atoms with van der Waals surface area (Å²) in [4.78, 5) is 13.2.